The van der Waals surface area contributed by atoms with Gasteiger partial charge in [0.05, 0.1) is 0 Å². The van der Waals surface area contributed by atoms with E-state index in [1.807, 2.05) is 0 Å². The van der Waals surface area contributed by atoms with Gasteiger partial charge >= 0.3 is 0 Å². The summed E-state index contributed by atoms with van der Waals surface area (Å²) in [5.74, 6) is 0.945. The predicted molar refractivity (Wildman–Crippen MR) is 125 cm³/mol. The molecule has 0 saturated carbocycles. The second-order valence-electron chi connectivity index (χ2n) is 7.69. The highest BCUT2D eigenvalue weighted by molar-refractivity contribution is 6.08. The molecular formula is C29H20O. The van der Waals surface area contributed by atoms with Gasteiger partial charge < -0.3 is 4.74 Å². The molecule has 0 saturated heterocycles. The lowest BCUT2D eigenvalue weighted by Crippen LogP contribution is -2.23. The van der Waals surface area contributed by atoms with Crippen LogP contribution >= 0.6 is 0 Å². The zero-order valence-corrected chi connectivity index (χ0v) is 16.5. The van der Waals surface area contributed by atoms with Crippen molar-refractivity contribution in [1.29, 1.82) is 0 Å². The number of allylic oxidation sites excluding steroid dienone is 2. The minimum absolute atomic E-state index is 0.0671. The van der Waals surface area contributed by atoms with Crippen LogP contribution in [0.4, 0.5) is 0 Å². The van der Waals surface area contributed by atoms with E-state index >= 15 is 0 Å². The average molecular weight is 384 g/mol. The van der Waals surface area contributed by atoms with Crippen LogP contribution in [0.2, 0.25) is 0 Å². The van der Waals surface area contributed by atoms with Crippen molar-refractivity contribution in [3.63, 3.8) is 0 Å². The molecule has 30 heavy (non-hydrogen) atoms. The van der Waals surface area contributed by atoms with Crippen molar-refractivity contribution >= 4 is 16.3 Å². The molecule has 2 aliphatic rings. The first-order chi connectivity index (χ1) is 14.9. The van der Waals surface area contributed by atoms with Gasteiger partial charge in [0.2, 0.25) is 0 Å². The fourth-order valence-electron chi connectivity index (χ4n) is 4.61. The Morgan fingerprint density at radius 3 is 2.07 bits per heavy atom. The highest BCUT2D eigenvalue weighted by atomic mass is 16.5. The smallest absolute Gasteiger partial charge is 0.143 e. The van der Waals surface area contributed by atoms with Crippen molar-refractivity contribution in [3.05, 3.63) is 132 Å². The van der Waals surface area contributed by atoms with E-state index in [-0.39, 0.29) is 6.10 Å². The molecule has 4 aromatic rings. The van der Waals surface area contributed by atoms with Crippen LogP contribution in [0.3, 0.4) is 0 Å². The van der Waals surface area contributed by atoms with E-state index in [1.54, 1.807) is 0 Å². The molecule has 0 radical (unpaired) electrons. The molecule has 0 amide bonds. The van der Waals surface area contributed by atoms with Gasteiger partial charge in [-0.25, -0.2) is 0 Å². The van der Waals surface area contributed by atoms with Gasteiger partial charge in [-0.15, -0.1) is 0 Å². The number of fused-ring (bicyclic) bond motifs is 4. The van der Waals surface area contributed by atoms with Gasteiger partial charge in [-0.1, -0.05) is 103 Å². The van der Waals surface area contributed by atoms with E-state index in [2.05, 4.69) is 115 Å². The standard InChI is InChI=1S/C29H20O/c1-3-11-20(12-4-1)25-19-27-29(23-16-8-7-15-22(23)25)28(21-13-5-2-6-14-21)24-17-9-10-18-26(24)30-27/h1-19,26H. The fourth-order valence-corrected chi connectivity index (χ4v) is 4.61. The highest BCUT2D eigenvalue weighted by Crippen LogP contribution is 2.47. The summed E-state index contributed by atoms with van der Waals surface area (Å²) in [6.07, 6.45) is 8.43. The van der Waals surface area contributed by atoms with Gasteiger partial charge in [0.15, 0.2) is 0 Å². The third kappa shape index (κ3) is 2.63. The Kier molecular flexibility index (Phi) is 3.92. The monoisotopic (exact) mass is 384 g/mol. The molecule has 1 nitrogen and oxygen atoms in total. The minimum atomic E-state index is -0.0671. The summed E-state index contributed by atoms with van der Waals surface area (Å²) in [5.41, 5.74) is 7.29. The molecule has 1 unspecified atom stereocenters. The highest BCUT2D eigenvalue weighted by Gasteiger charge is 2.30. The van der Waals surface area contributed by atoms with Gasteiger partial charge in [-0.05, 0) is 39.6 Å². The van der Waals surface area contributed by atoms with Crippen LogP contribution in [-0.2, 0) is 0 Å². The number of hydrogen-bond acceptors (Lipinski definition) is 1. The summed E-state index contributed by atoms with van der Waals surface area (Å²) in [5, 5.41) is 2.47. The summed E-state index contributed by atoms with van der Waals surface area (Å²) in [6, 6.07) is 32.1. The van der Waals surface area contributed by atoms with Crippen molar-refractivity contribution in [2.75, 3.05) is 0 Å². The molecule has 1 atom stereocenters. The third-order valence-electron chi connectivity index (χ3n) is 5.93. The quantitative estimate of drug-likeness (QED) is 0.355. The zero-order valence-electron chi connectivity index (χ0n) is 16.5. The van der Waals surface area contributed by atoms with Crippen LogP contribution in [0.15, 0.2) is 121 Å². The molecule has 0 fully saturated rings. The second-order valence-corrected chi connectivity index (χ2v) is 7.69. The van der Waals surface area contributed by atoms with E-state index in [1.165, 1.54) is 44.2 Å². The number of ether oxygens (including phenoxy) is 1. The van der Waals surface area contributed by atoms with E-state index < -0.39 is 0 Å². The molecule has 0 aromatic heterocycles. The molecule has 4 aromatic carbocycles. The lowest BCUT2D eigenvalue weighted by Gasteiger charge is -2.31. The van der Waals surface area contributed by atoms with Crippen LogP contribution in [0, 0.1) is 0 Å². The van der Waals surface area contributed by atoms with Gasteiger partial charge in [0, 0.05) is 16.7 Å². The molecule has 142 valence electrons. The van der Waals surface area contributed by atoms with Gasteiger partial charge in [0.25, 0.3) is 0 Å². The zero-order chi connectivity index (χ0) is 19.9. The lowest BCUT2D eigenvalue weighted by molar-refractivity contribution is 0.282. The first-order valence-electron chi connectivity index (χ1n) is 10.3. The summed E-state index contributed by atoms with van der Waals surface area (Å²) in [7, 11) is 0. The molecule has 1 heterocycles. The van der Waals surface area contributed by atoms with Crippen LogP contribution in [0.5, 0.6) is 5.75 Å². The van der Waals surface area contributed by atoms with Gasteiger partial charge in [-0.2, -0.15) is 0 Å². The Balaban J connectivity index is 1.72. The van der Waals surface area contributed by atoms with E-state index in [4.69, 9.17) is 4.74 Å². The van der Waals surface area contributed by atoms with Crippen molar-refractivity contribution < 1.29 is 4.74 Å². The molecule has 0 spiro atoms. The molecule has 0 bridgehead atoms. The van der Waals surface area contributed by atoms with E-state index in [9.17, 15) is 0 Å². The largest absolute Gasteiger partial charge is 0.481 e. The maximum atomic E-state index is 6.56. The summed E-state index contributed by atoms with van der Waals surface area (Å²) in [6.45, 7) is 0. The first-order valence-corrected chi connectivity index (χ1v) is 10.3. The second kappa shape index (κ2) is 6.89. The number of benzene rings is 4. The van der Waals surface area contributed by atoms with Crippen molar-refractivity contribution in [3.8, 4) is 16.9 Å². The van der Waals surface area contributed by atoms with Gasteiger partial charge in [-0.3, -0.25) is 0 Å². The Morgan fingerprint density at radius 2 is 1.30 bits per heavy atom. The van der Waals surface area contributed by atoms with Crippen molar-refractivity contribution in [2.24, 2.45) is 0 Å². The molecule has 1 aliphatic heterocycles. The lowest BCUT2D eigenvalue weighted by atomic mass is 9.82. The minimum Gasteiger partial charge on any atom is -0.481 e. The molecule has 1 heteroatoms. The SMILES string of the molecule is C1=CC2=C(c3ccccc3)c3c(cc(-c4ccccc4)c4ccccc34)OC2C=C1. The Labute approximate surface area is 176 Å². The summed E-state index contributed by atoms with van der Waals surface area (Å²) >= 11 is 0. The van der Waals surface area contributed by atoms with E-state index in [0.717, 1.165) is 5.75 Å². The summed E-state index contributed by atoms with van der Waals surface area (Å²) in [4.78, 5) is 0. The van der Waals surface area contributed by atoms with Crippen LogP contribution in [-0.4, -0.2) is 6.10 Å². The van der Waals surface area contributed by atoms with Crippen molar-refractivity contribution in [2.45, 2.75) is 6.10 Å². The normalized spacial score (nSPS) is 16.9. The Bertz CT molecular complexity index is 1340. The number of rotatable bonds is 2. The molecule has 6 rings (SSSR count). The third-order valence-corrected chi connectivity index (χ3v) is 5.93. The first kappa shape index (κ1) is 17.1. The molecular weight excluding hydrogens is 364 g/mol. The fraction of sp³-hybridized carbons (Fsp3) is 0.0345. The van der Waals surface area contributed by atoms with Gasteiger partial charge in [0.1, 0.15) is 11.9 Å². The van der Waals surface area contributed by atoms with Crippen LogP contribution in [0.1, 0.15) is 11.1 Å². The van der Waals surface area contributed by atoms with E-state index in [0.29, 0.717) is 0 Å². The maximum Gasteiger partial charge on any atom is 0.143 e. The average Bonchev–Trinajstić information content (AvgIpc) is 2.83. The molecule has 1 aliphatic carbocycles. The van der Waals surface area contributed by atoms with Crippen LogP contribution in [0.25, 0.3) is 27.5 Å². The van der Waals surface area contributed by atoms with Crippen LogP contribution < -0.4 is 4.74 Å². The maximum absolute atomic E-state index is 6.56. The topological polar surface area (TPSA) is 9.23 Å². The van der Waals surface area contributed by atoms with Crippen molar-refractivity contribution in [1.82, 2.24) is 0 Å². The summed E-state index contributed by atoms with van der Waals surface area (Å²) < 4.78 is 6.56. The predicted octanol–water partition coefficient (Wildman–Crippen LogP) is 7.20. The Hall–Kier alpha value is -3.84. The Morgan fingerprint density at radius 1 is 0.633 bits per heavy atom. The number of hydrogen-bond donors (Lipinski definition) is 0. The molecule has 0 N–H and O–H groups in total.